The summed E-state index contributed by atoms with van der Waals surface area (Å²) in [5.74, 6) is 0.437. The van der Waals surface area contributed by atoms with E-state index in [0.29, 0.717) is 18.1 Å². The van der Waals surface area contributed by atoms with Gasteiger partial charge in [0.15, 0.2) is 0 Å². The molecule has 0 aliphatic heterocycles. The molecule has 1 aromatic rings. The highest BCUT2D eigenvalue weighted by Crippen LogP contribution is 2.01. The zero-order valence-electron chi connectivity index (χ0n) is 11.1. The standard InChI is InChI=1S/C12H20N4O2/c1-4-5-13-11-8-14-10(7-15-11)12(17)16-6-9(2)18-3/h7-9H,4-6H2,1-3H3,(H,13,15)(H,16,17). The van der Waals surface area contributed by atoms with E-state index in [1.165, 1.54) is 6.20 Å². The van der Waals surface area contributed by atoms with Crippen LogP contribution >= 0.6 is 0 Å². The van der Waals surface area contributed by atoms with Gasteiger partial charge >= 0.3 is 0 Å². The molecule has 0 saturated heterocycles. The number of hydrogen-bond acceptors (Lipinski definition) is 5. The van der Waals surface area contributed by atoms with Gasteiger partial charge in [-0.25, -0.2) is 9.97 Å². The van der Waals surface area contributed by atoms with Crippen LogP contribution in [0.5, 0.6) is 0 Å². The first kappa shape index (κ1) is 14.4. The molecule has 0 radical (unpaired) electrons. The number of rotatable bonds is 7. The van der Waals surface area contributed by atoms with Crippen molar-refractivity contribution in [3.05, 3.63) is 18.1 Å². The Morgan fingerprint density at radius 2 is 2.22 bits per heavy atom. The molecule has 2 N–H and O–H groups in total. The Morgan fingerprint density at radius 3 is 2.78 bits per heavy atom. The van der Waals surface area contributed by atoms with Crippen molar-refractivity contribution in [2.75, 3.05) is 25.5 Å². The third kappa shape index (κ3) is 4.67. The Balaban J connectivity index is 2.48. The number of nitrogens with one attached hydrogen (secondary N) is 2. The summed E-state index contributed by atoms with van der Waals surface area (Å²) in [6.07, 6.45) is 4.01. The second kappa shape index (κ2) is 7.60. The molecule has 0 saturated carbocycles. The van der Waals surface area contributed by atoms with Gasteiger partial charge in [-0.15, -0.1) is 0 Å². The molecule has 0 aromatic carbocycles. The summed E-state index contributed by atoms with van der Waals surface area (Å²) in [4.78, 5) is 19.9. The highest BCUT2D eigenvalue weighted by molar-refractivity contribution is 5.92. The van der Waals surface area contributed by atoms with Gasteiger partial charge in [-0.3, -0.25) is 4.79 Å². The van der Waals surface area contributed by atoms with Crippen LogP contribution in [0.3, 0.4) is 0 Å². The first-order valence-electron chi connectivity index (χ1n) is 6.04. The van der Waals surface area contributed by atoms with E-state index in [0.717, 1.165) is 13.0 Å². The van der Waals surface area contributed by atoms with E-state index in [2.05, 4.69) is 27.5 Å². The number of carbonyl (C=O) groups is 1. The van der Waals surface area contributed by atoms with Crippen molar-refractivity contribution in [1.29, 1.82) is 0 Å². The van der Waals surface area contributed by atoms with Crippen molar-refractivity contribution >= 4 is 11.7 Å². The lowest BCUT2D eigenvalue weighted by Crippen LogP contribution is -2.32. The Kier molecular flexibility index (Phi) is 6.07. The van der Waals surface area contributed by atoms with Gasteiger partial charge in [0.05, 0.1) is 18.5 Å². The lowest BCUT2D eigenvalue weighted by molar-refractivity contribution is 0.0866. The zero-order valence-corrected chi connectivity index (χ0v) is 11.1. The molecule has 6 heteroatoms. The van der Waals surface area contributed by atoms with E-state index in [1.807, 2.05) is 6.92 Å². The molecule has 100 valence electrons. The summed E-state index contributed by atoms with van der Waals surface area (Å²) >= 11 is 0. The minimum absolute atomic E-state index is 0.0209. The number of ether oxygens (including phenoxy) is 1. The average molecular weight is 252 g/mol. The molecule has 1 unspecified atom stereocenters. The molecule has 0 aliphatic carbocycles. The summed E-state index contributed by atoms with van der Waals surface area (Å²) < 4.78 is 5.04. The van der Waals surface area contributed by atoms with Gasteiger partial charge in [-0.2, -0.15) is 0 Å². The predicted octanol–water partition coefficient (Wildman–Crippen LogP) is 1.06. The first-order chi connectivity index (χ1) is 8.67. The predicted molar refractivity (Wildman–Crippen MR) is 69.6 cm³/mol. The first-order valence-corrected chi connectivity index (χ1v) is 6.04. The largest absolute Gasteiger partial charge is 0.380 e. The van der Waals surface area contributed by atoms with Crippen molar-refractivity contribution in [2.24, 2.45) is 0 Å². The lowest BCUT2D eigenvalue weighted by atomic mass is 10.3. The molecular formula is C12H20N4O2. The van der Waals surface area contributed by atoms with Crippen LogP contribution in [0.4, 0.5) is 5.82 Å². The lowest BCUT2D eigenvalue weighted by Gasteiger charge is -2.10. The number of carbonyl (C=O) groups excluding carboxylic acids is 1. The van der Waals surface area contributed by atoms with Crippen LogP contribution in [0, 0.1) is 0 Å². The van der Waals surface area contributed by atoms with Crippen LogP contribution in [-0.4, -0.2) is 42.2 Å². The topological polar surface area (TPSA) is 76.1 Å². The molecule has 0 aliphatic rings. The molecule has 0 fully saturated rings. The quantitative estimate of drug-likeness (QED) is 0.759. The van der Waals surface area contributed by atoms with Crippen molar-refractivity contribution in [2.45, 2.75) is 26.4 Å². The number of nitrogens with zero attached hydrogens (tertiary/aromatic N) is 2. The molecule has 1 rings (SSSR count). The molecule has 6 nitrogen and oxygen atoms in total. The number of aromatic nitrogens is 2. The third-order valence-electron chi connectivity index (χ3n) is 2.39. The normalized spacial score (nSPS) is 11.9. The van der Waals surface area contributed by atoms with E-state index in [1.54, 1.807) is 13.3 Å². The van der Waals surface area contributed by atoms with Gasteiger partial charge in [0.2, 0.25) is 0 Å². The van der Waals surface area contributed by atoms with E-state index in [4.69, 9.17) is 4.74 Å². The second-order valence-corrected chi connectivity index (χ2v) is 3.97. The summed E-state index contributed by atoms with van der Waals surface area (Å²) in [5.41, 5.74) is 0.306. The molecule has 1 heterocycles. The molecule has 1 atom stereocenters. The maximum Gasteiger partial charge on any atom is 0.271 e. The fraction of sp³-hybridized carbons (Fsp3) is 0.583. The summed E-state index contributed by atoms with van der Waals surface area (Å²) in [6.45, 7) is 5.24. The van der Waals surface area contributed by atoms with Crippen LogP contribution in [0.2, 0.25) is 0 Å². The number of amides is 1. The van der Waals surface area contributed by atoms with Crippen LogP contribution < -0.4 is 10.6 Å². The molecular weight excluding hydrogens is 232 g/mol. The minimum atomic E-state index is -0.242. The van der Waals surface area contributed by atoms with Gasteiger partial charge < -0.3 is 15.4 Å². The van der Waals surface area contributed by atoms with Crippen molar-refractivity contribution < 1.29 is 9.53 Å². The zero-order chi connectivity index (χ0) is 13.4. The highest BCUT2D eigenvalue weighted by atomic mass is 16.5. The maximum atomic E-state index is 11.7. The summed E-state index contributed by atoms with van der Waals surface area (Å²) in [6, 6.07) is 0. The number of hydrogen-bond donors (Lipinski definition) is 2. The summed E-state index contributed by atoms with van der Waals surface area (Å²) in [5, 5.41) is 5.82. The van der Waals surface area contributed by atoms with Crippen molar-refractivity contribution in [3.63, 3.8) is 0 Å². The van der Waals surface area contributed by atoms with Crippen molar-refractivity contribution in [1.82, 2.24) is 15.3 Å². The molecule has 0 bridgehead atoms. The Labute approximate surface area is 107 Å². The highest BCUT2D eigenvalue weighted by Gasteiger charge is 2.09. The van der Waals surface area contributed by atoms with Crippen LogP contribution in [0.25, 0.3) is 0 Å². The Bertz CT molecular complexity index is 367. The smallest absolute Gasteiger partial charge is 0.271 e. The van der Waals surface area contributed by atoms with Gasteiger partial charge in [-0.1, -0.05) is 6.92 Å². The monoisotopic (exact) mass is 252 g/mol. The van der Waals surface area contributed by atoms with E-state index in [9.17, 15) is 4.79 Å². The Morgan fingerprint density at radius 1 is 1.44 bits per heavy atom. The maximum absolute atomic E-state index is 11.7. The molecule has 1 aromatic heterocycles. The number of methoxy groups -OCH3 is 1. The fourth-order valence-electron chi connectivity index (χ4n) is 1.20. The van der Waals surface area contributed by atoms with Gasteiger partial charge in [-0.05, 0) is 13.3 Å². The van der Waals surface area contributed by atoms with E-state index < -0.39 is 0 Å². The molecule has 18 heavy (non-hydrogen) atoms. The minimum Gasteiger partial charge on any atom is -0.380 e. The fourth-order valence-corrected chi connectivity index (χ4v) is 1.20. The molecule has 0 spiro atoms. The van der Waals surface area contributed by atoms with Gasteiger partial charge in [0, 0.05) is 20.2 Å². The molecule has 1 amide bonds. The van der Waals surface area contributed by atoms with Crippen LogP contribution in [0.15, 0.2) is 12.4 Å². The third-order valence-corrected chi connectivity index (χ3v) is 2.39. The average Bonchev–Trinajstić information content (AvgIpc) is 2.42. The van der Waals surface area contributed by atoms with Crippen LogP contribution in [-0.2, 0) is 4.74 Å². The summed E-state index contributed by atoms with van der Waals surface area (Å²) in [7, 11) is 1.60. The Hall–Kier alpha value is -1.69. The van der Waals surface area contributed by atoms with Gasteiger partial charge in [0.25, 0.3) is 5.91 Å². The van der Waals surface area contributed by atoms with Crippen LogP contribution in [0.1, 0.15) is 30.8 Å². The van der Waals surface area contributed by atoms with Gasteiger partial charge in [0.1, 0.15) is 11.5 Å². The van der Waals surface area contributed by atoms with Crippen molar-refractivity contribution in [3.8, 4) is 0 Å². The number of anilines is 1. The SMILES string of the molecule is CCCNc1cnc(C(=O)NCC(C)OC)cn1. The second-order valence-electron chi connectivity index (χ2n) is 3.97. The van der Waals surface area contributed by atoms with E-state index in [-0.39, 0.29) is 12.0 Å². The van der Waals surface area contributed by atoms with E-state index >= 15 is 0 Å².